The summed E-state index contributed by atoms with van der Waals surface area (Å²) in [6, 6.07) is 8.94. The second kappa shape index (κ2) is 8.09. The van der Waals surface area contributed by atoms with Gasteiger partial charge >= 0.3 is 5.97 Å². The van der Waals surface area contributed by atoms with Gasteiger partial charge in [-0.25, -0.2) is 0 Å². The number of carbonyl (C=O) groups excluding carboxylic acids is 2. The molecule has 0 heterocycles. The maximum atomic E-state index is 13.2. The molecule has 36 heavy (non-hydrogen) atoms. The van der Waals surface area contributed by atoms with Gasteiger partial charge in [-0.05, 0) is 36.0 Å². The Hall–Kier alpha value is -2.32. The maximum absolute atomic E-state index is 13.2. The number of ether oxygens (including phenoxy) is 1. The molecule has 0 saturated heterocycles. The van der Waals surface area contributed by atoms with Crippen LogP contribution in [0.1, 0.15) is 58.6 Å². The van der Waals surface area contributed by atoms with Gasteiger partial charge in [0.1, 0.15) is 11.2 Å². The molecule has 7 heteroatoms. The number of hydrogen-bond donors (Lipinski definition) is 4. The summed E-state index contributed by atoms with van der Waals surface area (Å²) in [6.45, 7) is 7.30. The highest BCUT2D eigenvalue weighted by atomic mass is 16.6. The molecule has 8 atom stereocenters. The lowest BCUT2D eigenvalue weighted by atomic mass is 9.60. The van der Waals surface area contributed by atoms with E-state index in [0.717, 1.165) is 5.56 Å². The van der Waals surface area contributed by atoms with Gasteiger partial charge in [0.25, 0.3) is 0 Å². The molecule has 1 aromatic carbocycles. The van der Waals surface area contributed by atoms with Crippen LogP contribution in [0.15, 0.2) is 53.6 Å². The molecule has 194 valence electrons. The van der Waals surface area contributed by atoms with E-state index in [1.807, 2.05) is 57.2 Å². The minimum atomic E-state index is -1.80. The summed E-state index contributed by atoms with van der Waals surface area (Å²) in [5.41, 5.74) is 3.60. The highest BCUT2D eigenvalue weighted by molar-refractivity contribution is 6.04. The molecule has 0 bridgehead atoms. The van der Waals surface area contributed by atoms with Crippen molar-refractivity contribution in [1.82, 2.24) is 0 Å². The minimum absolute atomic E-state index is 0.0295. The van der Waals surface area contributed by atoms with Gasteiger partial charge in [0.05, 0.1) is 18.6 Å². The second-order valence-electron chi connectivity index (χ2n) is 12.0. The lowest BCUT2D eigenvalue weighted by Gasteiger charge is -2.50. The van der Waals surface area contributed by atoms with E-state index in [-0.39, 0.29) is 31.3 Å². The van der Waals surface area contributed by atoms with Crippen LogP contribution in [-0.4, -0.2) is 50.5 Å². The van der Waals surface area contributed by atoms with Crippen LogP contribution in [0.5, 0.6) is 0 Å². The van der Waals surface area contributed by atoms with Crippen LogP contribution in [0.3, 0.4) is 0 Å². The summed E-state index contributed by atoms with van der Waals surface area (Å²) in [5, 5.41) is 34.0. The zero-order valence-electron chi connectivity index (χ0n) is 21.4. The number of benzene rings is 1. The molecule has 7 nitrogen and oxygen atoms in total. The van der Waals surface area contributed by atoms with Crippen LogP contribution in [-0.2, 0) is 14.3 Å². The SMILES string of the molecule is CC1=C[C@H]2[C@@]3(O)[C@H](C)C[C@]4(OC(=O)C[C@@H](N)c5ccccc5)[C@H]([C@@H]3C=C(CO)C[C@]2(O)C1=O)C4(C)C. The number of esters is 1. The predicted octanol–water partition coefficient (Wildman–Crippen LogP) is 2.60. The average molecular weight is 496 g/mol. The zero-order valence-corrected chi connectivity index (χ0v) is 21.4. The lowest BCUT2D eigenvalue weighted by Crippen LogP contribution is -2.61. The van der Waals surface area contributed by atoms with Crippen LogP contribution in [0.2, 0.25) is 0 Å². The molecule has 0 amide bonds. The Morgan fingerprint density at radius 3 is 2.50 bits per heavy atom. The van der Waals surface area contributed by atoms with Crippen molar-refractivity contribution in [3.63, 3.8) is 0 Å². The van der Waals surface area contributed by atoms with Crippen molar-refractivity contribution in [2.45, 2.75) is 69.8 Å². The zero-order chi connectivity index (χ0) is 26.3. The van der Waals surface area contributed by atoms with E-state index in [0.29, 0.717) is 17.6 Å². The van der Waals surface area contributed by atoms with Crippen LogP contribution in [0.25, 0.3) is 0 Å². The van der Waals surface area contributed by atoms with Gasteiger partial charge in [0.15, 0.2) is 5.78 Å². The number of fused-ring (bicyclic) bond motifs is 5. The fourth-order valence-corrected chi connectivity index (χ4v) is 7.84. The van der Waals surface area contributed by atoms with Crippen molar-refractivity contribution in [3.8, 4) is 0 Å². The molecule has 0 aromatic heterocycles. The van der Waals surface area contributed by atoms with Crippen molar-refractivity contribution in [2.75, 3.05) is 6.61 Å². The molecule has 5 N–H and O–H groups in total. The number of ketones is 1. The number of hydrogen-bond acceptors (Lipinski definition) is 7. The third-order valence-electron chi connectivity index (χ3n) is 9.79. The molecule has 4 aliphatic carbocycles. The Morgan fingerprint density at radius 1 is 1.19 bits per heavy atom. The van der Waals surface area contributed by atoms with Crippen molar-refractivity contribution >= 4 is 11.8 Å². The third kappa shape index (κ3) is 3.26. The van der Waals surface area contributed by atoms with E-state index in [4.69, 9.17) is 10.5 Å². The third-order valence-corrected chi connectivity index (χ3v) is 9.79. The highest BCUT2D eigenvalue weighted by Gasteiger charge is 2.83. The first kappa shape index (κ1) is 25.3. The van der Waals surface area contributed by atoms with E-state index in [1.165, 1.54) is 0 Å². The van der Waals surface area contributed by atoms with Crippen LogP contribution in [0.4, 0.5) is 0 Å². The summed E-state index contributed by atoms with van der Waals surface area (Å²) in [6.07, 6.45) is 3.94. The Balaban J connectivity index is 1.49. The van der Waals surface area contributed by atoms with Gasteiger partial charge in [-0.2, -0.15) is 0 Å². The Kier molecular flexibility index (Phi) is 5.69. The summed E-state index contributed by atoms with van der Waals surface area (Å²) in [7, 11) is 0. The number of carbonyl (C=O) groups is 2. The van der Waals surface area contributed by atoms with Gasteiger partial charge < -0.3 is 25.8 Å². The first-order chi connectivity index (χ1) is 16.8. The lowest BCUT2D eigenvalue weighted by molar-refractivity contribution is -0.187. The number of aliphatic hydroxyl groups is 3. The van der Waals surface area contributed by atoms with Gasteiger partial charge in [-0.1, -0.05) is 63.3 Å². The average Bonchev–Trinajstić information content (AvgIpc) is 3.23. The van der Waals surface area contributed by atoms with Gasteiger partial charge in [-0.15, -0.1) is 0 Å². The molecule has 1 aromatic rings. The van der Waals surface area contributed by atoms with E-state index < -0.39 is 51.8 Å². The number of rotatable bonds is 5. The molecular weight excluding hydrogens is 458 g/mol. The van der Waals surface area contributed by atoms with Gasteiger partial charge in [0, 0.05) is 35.6 Å². The second-order valence-corrected chi connectivity index (χ2v) is 12.0. The molecule has 5 rings (SSSR count). The molecule has 0 aliphatic heterocycles. The van der Waals surface area contributed by atoms with E-state index >= 15 is 0 Å². The summed E-state index contributed by atoms with van der Waals surface area (Å²) in [4.78, 5) is 26.2. The molecule has 0 spiro atoms. The van der Waals surface area contributed by atoms with Gasteiger partial charge in [-0.3, -0.25) is 9.59 Å². The molecule has 2 saturated carbocycles. The van der Waals surface area contributed by atoms with Crippen molar-refractivity contribution in [3.05, 3.63) is 59.2 Å². The Labute approximate surface area is 212 Å². The summed E-state index contributed by atoms with van der Waals surface area (Å²) >= 11 is 0. The van der Waals surface area contributed by atoms with Crippen LogP contribution < -0.4 is 5.73 Å². The topological polar surface area (TPSA) is 130 Å². The molecule has 4 aliphatic rings. The summed E-state index contributed by atoms with van der Waals surface area (Å²) in [5.74, 6) is -2.74. The van der Waals surface area contributed by atoms with Crippen LogP contribution in [0, 0.1) is 29.1 Å². The largest absolute Gasteiger partial charge is 0.458 e. The van der Waals surface area contributed by atoms with Crippen molar-refractivity contribution in [2.24, 2.45) is 34.8 Å². The van der Waals surface area contributed by atoms with Crippen molar-refractivity contribution < 1.29 is 29.6 Å². The molecule has 2 fully saturated rings. The first-order valence-electron chi connectivity index (χ1n) is 12.8. The molecular formula is C29H37NO6. The normalized spacial score (nSPS) is 41.2. The maximum Gasteiger partial charge on any atom is 0.308 e. The quantitative estimate of drug-likeness (QED) is 0.365. The monoisotopic (exact) mass is 495 g/mol. The Morgan fingerprint density at radius 2 is 1.86 bits per heavy atom. The smallest absolute Gasteiger partial charge is 0.308 e. The van der Waals surface area contributed by atoms with E-state index in [9.17, 15) is 24.9 Å². The fourth-order valence-electron chi connectivity index (χ4n) is 7.84. The predicted molar refractivity (Wildman–Crippen MR) is 133 cm³/mol. The van der Waals surface area contributed by atoms with E-state index in [2.05, 4.69) is 0 Å². The number of nitrogens with two attached hydrogens (primary N) is 1. The first-order valence-corrected chi connectivity index (χ1v) is 12.8. The van der Waals surface area contributed by atoms with E-state index in [1.54, 1.807) is 13.0 Å². The van der Waals surface area contributed by atoms with Gasteiger partial charge in [0.2, 0.25) is 0 Å². The summed E-state index contributed by atoms with van der Waals surface area (Å²) < 4.78 is 6.25. The molecule has 0 radical (unpaired) electrons. The highest BCUT2D eigenvalue weighted by Crippen LogP contribution is 2.76. The molecule has 0 unspecified atom stereocenters. The number of aliphatic hydroxyl groups excluding tert-OH is 1. The number of Topliss-reactive ketones (excluding diaryl/α,β-unsaturated/α-hetero) is 1. The van der Waals surface area contributed by atoms with Crippen molar-refractivity contribution in [1.29, 1.82) is 0 Å². The standard InChI is InChI=1S/C29H37NO6/c1-16-10-22-27(34,25(16)33)14-18(15-31)11-20-24-26(3,4)28(24,13-17(2)29(20,22)35)36-23(32)12-21(30)19-8-6-5-7-9-19/h5-11,17,20-22,24,31,34-35H,12-15,30H2,1-4H3/t17-,20+,21-,22-,24-,27-,28+,29-/m1/s1. The van der Waals surface area contributed by atoms with Crippen LogP contribution >= 0.6 is 0 Å². The fraction of sp³-hybridized carbons (Fsp3) is 0.586. The Bertz CT molecular complexity index is 1160. The minimum Gasteiger partial charge on any atom is -0.458 e.